The summed E-state index contributed by atoms with van der Waals surface area (Å²) in [5, 5.41) is 0. The molecule has 4 fully saturated rings. The zero-order valence-corrected chi connectivity index (χ0v) is 19.7. The Bertz CT molecular complexity index is 806. The fraction of sp³-hybridized carbons (Fsp3) is 0.840. The van der Waals surface area contributed by atoms with E-state index in [9.17, 15) is 19.2 Å². The van der Waals surface area contributed by atoms with Gasteiger partial charge >= 0.3 is 17.9 Å². The Morgan fingerprint density at radius 2 is 1.66 bits per heavy atom. The van der Waals surface area contributed by atoms with Crippen molar-refractivity contribution in [3.05, 3.63) is 0 Å². The molecule has 0 aliphatic heterocycles. The van der Waals surface area contributed by atoms with Gasteiger partial charge in [0.2, 0.25) is 0 Å². The van der Waals surface area contributed by atoms with Crippen LogP contribution in [-0.4, -0.2) is 42.5 Å². The van der Waals surface area contributed by atoms with E-state index in [1.807, 2.05) is 0 Å². The van der Waals surface area contributed by atoms with Gasteiger partial charge in [0.05, 0.1) is 6.61 Å². The van der Waals surface area contributed by atoms with Gasteiger partial charge in [-0.2, -0.15) is 0 Å². The molecule has 4 rings (SSSR count). The van der Waals surface area contributed by atoms with Crippen molar-refractivity contribution in [2.45, 2.75) is 91.3 Å². The topological polar surface area (TPSA) is 96.0 Å². The molecule has 8 atom stereocenters. The van der Waals surface area contributed by atoms with Crippen molar-refractivity contribution in [2.75, 3.05) is 6.61 Å². The Morgan fingerprint density at radius 1 is 0.938 bits per heavy atom. The number of hydrogen-bond acceptors (Lipinski definition) is 7. The van der Waals surface area contributed by atoms with Crippen LogP contribution in [0.5, 0.6) is 0 Å². The zero-order valence-electron chi connectivity index (χ0n) is 19.7. The monoisotopic (exact) mass is 448 g/mol. The van der Waals surface area contributed by atoms with Gasteiger partial charge in [-0.1, -0.05) is 6.92 Å². The molecular formula is C25H36O7. The Balaban J connectivity index is 1.67. The second kappa shape index (κ2) is 8.45. The number of hydrogen-bond donors (Lipinski definition) is 0. The molecule has 0 bridgehead atoms. The summed E-state index contributed by atoms with van der Waals surface area (Å²) in [7, 11) is 0. The second-order valence-electron chi connectivity index (χ2n) is 11.0. The summed E-state index contributed by atoms with van der Waals surface area (Å²) >= 11 is 0. The summed E-state index contributed by atoms with van der Waals surface area (Å²) < 4.78 is 17.0. The Hall–Kier alpha value is -1.92. The van der Waals surface area contributed by atoms with Crippen LogP contribution in [0.2, 0.25) is 0 Å². The molecule has 178 valence electrons. The molecule has 4 aliphatic rings. The van der Waals surface area contributed by atoms with Crippen LogP contribution in [0, 0.1) is 34.5 Å². The largest absolute Gasteiger partial charge is 0.465 e. The number of fused-ring (bicyclic) bond motifs is 5. The number of ketones is 1. The Kier molecular flexibility index (Phi) is 6.14. The summed E-state index contributed by atoms with van der Waals surface area (Å²) in [4.78, 5) is 47.7. The van der Waals surface area contributed by atoms with E-state index in [1.54, 1.807) is 0 Å². The molecule has 4 aliphatic carbocycles. The molecule has 0 aromatic carbocycles. The minimum Gasteiger partial charge on any atom is -0.465 e. The molecule has 7 nitrogen and oxygen atoms in total. The van der Waals surface area contributed by atoms with Gasteiger partial charge in [-0.25, -0.2) is 0 Å². The highest BCUT2D eigenvalue weighted by Crippen LogP contribution is 2.66. The van der Waals surface area contributed by atoms with Crippen molar-refractivity contribution in [3.63, 3.8) is 0 Å². The highest BCUT2D eigenvalue weighted by molar-refractivity contribution is 5.80. The van der Waals surface area contributed by atoms with E-state index in [0.717, 1.165) is 32.1 Å². The summed E-state index contributed by atoms with van der Waals surface area (Å²) in [6, 6.07) is 0. The fourth-order valence-corrected chi connectivity index (χ4v) is 8.00. The molecule has 0 heterocycles. The minimum absolute atomic E-state index is 0.0561. The van der Waals surface area contributed by atoms with Gasteiger partial charge in [0.15, 0.2) is 0 Å². The molecule has 0 spiro atoms. The van der Waals surface area contributed by atoms with Crippen LogP contribution in [0.3, 0.4) is 0 Å². The van der Waals surface area contributed by atoms with Crippen molar-refractivity contribution in [1.29, 1.82) is 0 Å². The molecule has 0 unspecified atom stereocenters. The van der Waals surface area contributed by atoms with Crippen LogP contribution in [0.15, 0.2) is 0 Å². The van der Waals surface area contributed by atoms with Crippen LogP contribution >= 0.6 is 0 Å². The van der Waals surface area contributed by atoms with E-state index in [-0.39, 0.29) is 64.5 Å². The molecular weight excluding hydrogens is 412 g/mol. The second-order valence-corrected chi connectivity index (χ2v) is 11.0. The lowest BCUT2D eigenvalue weighted by molar-refractivity contribution is -0.189. The van der Waals surface area contributed by atoms with E-state index in [0.29, 0.717) is 31.8 Å². The van der Waals surface area contributed by atoms with E-state index >= 15 is 0 Å². The standard InChI is InChI=1S/C25H36O7/c1-14(26)30-13-25-8-6-20-19(21(25)10-18(12-25)31-15(2)27)11-23(32-16(3)28)22-9-17(29)5-7-24(20,22)4/h18-23H,5-13H2,1-4H3/t18-,19+,20-,21+,22-,23+,24-,25-/m1/s1. The predicted octanol–water partition coefficient (Wildman–Crippen LogP) is 3.61. The third-order valence-corrected chi connectivity index (χ3v) is 9.17. The molecule has 0 saturated heterocycles. The van der Waals surface area contributed by atoms with E-state index in [4.69, 9.17) is 14.2 Å². The third-order valence-electron chi connectivity index (χ3n) is 9.17. The number of Topliss-reactive ketones (excluding diaryl/α,β-unsaturated/α-hetero) is 1. The summed E-state index contributed by atoms with van der Waals surface area (Å²) in [6.45, 7) is 6.93. The van der Waals surface area contributed by atoms with Crippen LogP contribution in [0.25, 0.3) is 0 Å². The maximum absolute atomic E-state index is 12.3. The lowest BCUT2D eigenvalue weighted by atomic mass is 9.44. The molecule has 7 heteroatoms. The first-order chi connectivity index (χ1) is 15.0. The van der Waals surface area contributed by atoms with E-state index in [1.165, 1.54) is 20.8 Å². The van der Waals surface area contributed by atoms with Crippen molar-refractivity contribution in [3.8, 4) is 0 Å². The molecule has 32 heavy (non-hydrogen) atoms. The summed E-state index contributed by atoms with van der Waals surface area (Å²) in [5.41, 5.74) is -0.286. The highest BCUT2D eigenvalue weighted by atomic mass is 16.5. The SMILES string of the molecule is CC(=O)OC[C@]12CC[C@@H]3[C@H](C[C@H](OC(C)=O)[C@H]4CC(=O)CC[C@]34C)[C@@H]1C[C@@H](OC(C)=O)C2. The van der Waals surface area contributed by atoms with Gasteiger partial charge in [-0.05, 0) is 61.7 Å². The van der Waals surface area contributed by atoms with Gasteiger partial charge in [-0.15, -0.1) is 0 Å². The van der Waals surface area contributed by atoms with Gasteiger partial charge < -0.3 is 14.2 Å². The predicted molar refractivity (Wildman–Crippen MR) is 114 cm³/mol. The fourth-order valence-electron chi connectivity index (χ4n) is 8.00. The first-order valence-electron chi connectivity index (χ1n) is 12.0. The summed E-state index contributed by atoms with van der Waals surface area (Å²) in [6.07, 6.45) is 5.50. The van der Waals surface area contributed by atoms with Gasteiger partial charge in [0, 0.05) is 44.9 Å². The van der Waals surface area contributed by atoms with Gasteiger partial charge in [0.25, 0.3) is 0 Å². The van der Waals surface area contributed by atoms with Crippen molar-refractivity contribution in [2.24, 2.45) is 34.5 Å². The van der Waals surface area contributed by atoms with Crippen molar-refractivity contribution >= 4 is 23.7 Å². The van der Waals surface area contributed by atoms with Crippen LogP contribution in [0.1, 0.15) is 79.1 Å². The zero-order chi connectivity index (χ0) is 23.3. The van der Waals surface area contributed by atoms with Crippen LogP contribution in [-0.2, 0) is 33.4 Å². The highest BCUT2D eigenvalue weighted by Gasteiger charge is 2.64. The number of rotatable bonds is 4. The molecule has 0 N–H and O–H groups in total. The maximum atomic E-state index is 12.3. The molecule has 0 amide bonds. The maximum Gasteiger partial charge on any atom is 0.302 e. The number of ether oxygens (including phenoxy) is 3. The van der Waals surface area contributed by atoms with Crippen LogP contribution in [0.4, 0.5) is 0 Å². The first kappa shape index (κ1) is 23.2. The molecule has 0 aromatic heterocycles. The van der Waals surface area contributed by atoms with E-state index in [2.05, 4.69) is 6.92 Å². The lowest BCUT2D eigenvalue weighted by Gasteiger charge is -2.61. The van der Waals surface area contributed by atoms with Crippen LogP contribution < -0.4 is 0 Å². The molecule has 4 saturated carbocycles. The molecule has 0 radical (unpaired) electrons. The average molecular weight is 449 g/mol. The smallest absolute Gasteiger partial charge is 0.302 e. The first-order valence-corrected chi connectivity index (χ1v) is 12.0. The Labute approximate surface area is 189 Å². The third kappa shape index (κ3) is 4.08. The Morgan fingerprint density at radius 3 is 2.31 bits per heavy atom. The normalized spacial score (nSPS) is 42.8. The van der Waals surface area contributed by atoms with Gasteiger partial charge in [0.1, 0.15) is 18.0 Å². The van der Waals surface area contributed by atoms with Crippen molar-refractivity contribution < 1.29 is 33.4 Å². The number of carbonyl (C=O) groups excluding carboxylic acids is 4. The lowest BCUT2D eigenvalue weighted by Crippen LogP contribution is -2.58. The minimum atomic E-state index is -0.306. The number of esters is 3. The van der Waals surface area contributed by atoms with E-state index < -0.39 is 0 Å². The van der Waals surface area contributed by atoms with Gasteiger partial charge in [-0.3, -0.25) is 19.2 Å². The number of carbonyl (C=O) groups is 4. The van der Waals surface area contributed by atoms with Crippen molar-refractivity contribution in [1.82, 2.24) is 0 Å². The molecule has 0 aromatic rings. The quantitative estimate of drug-likeness (QED) is 0.479. The average Bonchev–Trinajstić information content (AvgIpc) is 3.05. The summed E-state index contributed by atoms with van der Waals surface area (Å²) in [5.74, 6) is 0.345.